The molecule has 0 spiro atoms. The number of carbonyl (C=O) groups is 1. The SMILES string of the molecule is Cc1nc(-c2cccc(Br)c2)c(C)c(-c2ccc3c(c2)CCCO3)c1[C@H](OC(C)(C)C)C(=O)O. The first kappa shape index (κ1) is 24.4. The molecule has 4 rings (SSSR count). The normalized spacial score (nSPS) is 14.3. The number of benzene rings is 2. The summed E-state index contributed by atoms with van der Waals surface area (Å²) >= 11 is 3.56. The highest BCUT2D eigenvalue weighted by Gasteiger charge is 2.33. The molecule has 1 atom stereocenters. The first-order valence-corrected chi connectivity index (χ1v) is 12.3. The number of nitrogens with zero attached hydrogens (tertiary/aromatic N) is 1. The number of hydrogen-bond donors (Lipinski definition) is 1. The summed E-state index contributed by atoms with van der Waals surface area (Å²) in [6, 6.07) is 14.1. The number of halogens is 1. The Morgan fingerprint density at radius 2 is 1.91 bits per heavy atom. The van der Waals surface area contributed by atoms with E-state index in [-0.39, 0.29) is 0 Å². The van der Waals surface area contributed by atoms with Crippen LogP contribution in [0.1, 0.15) is 55.7 Å². The third kappa shape index (κ3) is 5.03. The van der Waals surface area contributed by atoms with E-state index in [1.807, 2.05) is 71.0 Å². The molecule has 2 aromatic carbocycles. The van der Waals surface area contributed by atoms with Crippen LogP contribution < -0.4 is 4.74 Å². The minimum absolute atomic E-state index is 0.593. The van der Waals surface area contributed by atoms with Gasteiger partial charge in [0, 0.05) is 21.3 Å². The summed E-state index contributed by atoms with van der Waals surface area (Å²) in [5, 5.41) is 10.2. The molecule has 0 saturated carbocycles. The highest BCUT2D eigenvalue weighted by Crippen LogP contribution is 2.42. The topological polar surface area (TPSA) is 68.7 Å². The van der Waals surface area contributed by atoms with Gasteiger partial charge in [-0.15, -0.1) is 0 Å². The number of carboxylic acid groups (broad SMARTS) is 1. The minimum Gasteiger partial charge on any atom is -0.493 e. The largest absolute Gasteiger partial charge is 0.493 e. The number of aromatic nitrogens is 1. The summed E-state index contributed by atoms with van der Waals surface area (Å²) in [5.41, 5.74) is 6.23. The third-order valence-electron chi connectivity index (χ3n) is 5.92. The molecule has 5 nitrogen and oxygen atoms in total. The maximum Gasteiger partial charge on any atom is 0.337 e. The number of aliphatic carboxylic acids is 1. The average Bonchev–Trinajstić information content (AvgIpc) is 2.77. The molecular formula is C28H30BrNO4. The lowest BCUT2D eigenvalue weighted by Crippen LogP contribution is -2.28. The van der Waals surface area contributed by atoms with Gasteiger partial charge in [-0.2, -0.15) is 0 Å². The fraction of sp³-hybridized carbons (Fsp3) is 0.357. The van der Waals surface area contributed by atoms with E-state index in [1.54, 1.807) is 0 Å². The van der Waals surface area contributed by atoms with Crippen LogP contribution >= 0.6 is 15.9 Å². The van der Waals surface area contributed by atoms with E-state index in [1.165, 1.54) is 0 Å². The number of ether oxygens (including phenoxy) is 2. The van der Waals surface area contributed by atoms with Gasteiger partial charge in [0.15, 0.2) is 6.10 Å². The Hall–Kier alpha value is -2.70. The summed E-state index contributed by atoms with van der Waals surface area (Å²) in [6.07, 6.45) is 0.748. The lowest BCUT2D eigenvalue weighted by molar-refractivity contribution is -0.160. The fourth-order valence-electron chi connectivity index (χ4n) is 4.52. The molecule has 1 aliphatic rings. The number of carboxylic acids is 1. The van der Waals surface area contributed by atoms with Crippen LogP contribution in [0.25, 0.3) is 22.4 Å². The van der Waals surface area contributed by atoms with Crippen molar-refractivity contribution in [2.24, 2.45) is 0 Å². The number of rotatable bonds is 5. The highest BCUT2D eigenvalue weighted by molar-refractivity contribution is 9.10. The Balaban J connectivity index is 2.01. The van der Waals surface area contributed by atoms with Crippen LogP contribution in [-0.2, 0) is 16.0 Å². The molecule has 0 radical (unpaired) electrons. The quantitative estimate of drug-likeness (QED) is 0.387. The maximum atomic E-state index is 12.5. The summed E-state index contributed by atoms with van der Waals surface area (Å²) in [4.78, 5) is 17.4. The van der Waals surface area contributed by atoms with Gasteiger partial charge >= 0.3 is 5.97 Å². The van der Waals surface area contributed by atoms with Crippen LogP contribution in [0, 0.1) is 13.8 Å². The molecule has 0 bridgehead atoms. The summed E-state index contributed by atoms with van der Waals surface area (Å²) < 4.78 is 12.9. The average molecular weight is 524 g/mol. The molecule has 0 aliphatic carbocycles. The van der Waals surface area contributed by atoms with Crippen molar-refractivity contribution in [2.45, 2.75) is 59.2 Å². The number of aryl methyl sites for hydroxylation is 2. The van der Waals surface area contributed by atoms with Gasteiger partial charge in [-0.05, 0) is 94.0 Å². The third-order valence-corrected chi connectivity index (χ3v) is 6.42. The Bertz CT molecular complexity index is 1250. The second-order valence-electron chi connectivity index (χ2n) is 9.69. The van der Waals surface area contributed by atoms with Crippen LogP contribution in [-0.4, -0.2) is 28.3 Å². The Morgan fingerprint density at radius 1 is 1.15 bits per heavy atom. The second-order valence-corrected chi connectivity index (χ2v) is 10.6. The molecular weight excluding hydrogens is 494 g/mol. The second kappa shape index (κ2) is 9.51. The molecule has 1 aromatic heterocycles. The van der Waals surface area contributed by atoms with Crippen molar-refractivity contribution in [1.29, 1.82) is 0 Å². The first-order valence-electron chi connectivity index (χ1n) is 11.5. The Morgan fingerprint density at radius 3 is 2.59 bits per heavy atom. The van der Waals surface area contributed by atoms with Crippen molar-refractivity contribution in [3.8, 4) is 28.1 Å². The molecule has 0 amide bonds. The molecule has 0 fully saturated rings. The standard InChI is InChI=1S/C28H30BrNO4/c1-16-23(19-11-12-22-18(14-19)9-7-13-33-22)24(26(27(31)32)34-28(3,4)5)17(2)30-25(16)20-8-6-10-21(29)15-20/h6,8,10-12,14-15,26H,7,9,13H2,1-5H3,(H,31,32)/t26-/m0/s1. The Labute approximate surface area is 209 Å². The summed E-state index contributed by atoms with van der Waals surface area (Å²) in [7, 11) is 0. The van der Waals surface area contributed by atoms with Crippen molar-refractivity contribution < 1.29 is 19.4 Å². The first-order chi connectivity index (χ1) is 16.0. The minimum atomic E-state index is -1.15. The molecule has 1 aliphatic heterocycles. The monoisotopic (exact) mass is 523 g/mol. The molecule has 2 heterocycles. The van der Waals surface area contributed by atoms with Gasteiger partial charge in [-0.3, -0.25) is 4.98 Å². The highest BCUT2D eigenvalue weighted by atomic mass is 79.9. The lowest BCUT2D eigenvalue weighted by atomic mass is 9.87. The van der Waals surface area contributed by atoms with Crippen LogP contribution in [0.4, 0.5) is 0 Å². The van der Waals surface area contributed by atoms with Gasteiger partial charge in [-0.1, -0.05) is 34.1 Å². The van der Waals surface area contributed by atoms with Crippen LogP contribution in [0.3, 0.4) is 0 Å². The van der Waals surface area contributed by atoms with Crippen LogP contribution in [0.5, 0.6) is 5.75 Å². The molecule has 6 heteroatoms. The molecule has 1 N–H and O–H groups in total. The smallest absolute Gasteiger partial charge is 0.337 e. The zero-order chi connectivity index (χ0) is 24.6. The van der Waals surface area contributed by atoms with Crippen LogP contribution in [0.2, 0.25) is 0 Å². The van der Waals surface area contributed by atoms with Crippen LogP contribution in [0.15, 0.2) is 46.9 Å². The molecule has 0 saturated heterocycles. The molecule has 0 unspecified atom stereocenters. The van der Waals surface area contributed by atoms with Crippen molar-refractivity contribution >= 4 is 21.9 Å². The van der Waals surface area contributed by atoms with Crippen molar-refractivity contribution in [3.05, 3.63) is 69.3 Å². The number of hydrogen-bond acceptors (Lipinski definition) is 4. The van der Waals surface area contributed by atoms with E-state index < -0.39 is 17.7 Å². The number of fused-ring (bicyclic) bond motifs is 1. The predicted octanol–water partition coefficient (Wildman–Crippen LogP) is 7.06. The van der Waals surface area contributed by atoms with E-state index >= 15 is 0 Å². The fourth-order valence-corrected chi connectivity index (χ4v) is 4.92. The van der Waals surface area contributed by atoms with Gasteiger partial charge in [-0.25, -0.2) is 4.79 Å². The zero-order valence-corrected chi connectivity index (χ0v) is 21.8. The molecule has 3 aromatic rings. The van der Waals surface area contributed by atoms with Gasteiger partial charge in [0.1, 0.15) is 5.75 Å². The lowest BCUT2D eigenvalue weighted by Gasteiger charge is -2.29. The van der Waals surface area contributed by atoms with Crippen molar-refractivity contribution in [1.82, 2.24) is 4.98 Å². The van der Waals surface area contributed by atoms with Crippen molar-refractivity contribution in [3.63, 3.8) is 0 Å². The van der Waals surface area contributed by atoms with E-state index in [0.29, 0.717) is 11.3 Å². The van der Waals surface area contributed by atoms with Gasteiger partial charge < -0.3 is 14.6 Å². The van der Waals surface area contributed by atoms with Gasteiger partial charge in [0.2, 0.25) is 0 Å². The summed E-state index contributed by atoms with van der Waals surface area (Å²) in [6.45, 7) is 10.2. The maximum absolute atomic E-state index is 12.5. The number of pyridine rings is 1. The van der Waals surface area contributed by atoms with E-state index in [4.69, 9.17) is 14.5 Å². The molecule has 34 heavy (non-hydrogen) atoms. The Kier molecular flexibility index (Phi) is 6.83. The summed E-state index contributed by atoms with van der Waals surface area (Å²) in [5.74, 6) is -0.134. The van der Waals surface area contributed by atoms with Gasteiger partial charge in [0.05, 0.1) is 17.9 Å². The van der Waals surface area contributed by atoms with E-state index in [0.717, 1.165) is 63.2 Å². The molecule has 178 valence electrons. The van der Waals surface area contributed by atoms with Crippen molar-refractivity contribution in [2.75, 3.05) is 6.61 Å². The van der Waals surface area contributed by atoms with E-state index in [9.17, 15) is 9.90 Å². The zero-order valence-electron chi connectivity index (χ0n) is 20.2. The van der Waals surface area contributed by atoms with E-state index in [2.05, 4.69) is 22.0 Å². The predicted molar refractivity (Wildman–Crippen MR) is 137 cm³/mol. The van der Waals surface area contributed by atoms with Gasteiger partial charge in [0.25, 0.3) is 0 Å².